The number of piperidine rings is 1. The Kier molecular flexibility index (Phi) is 2.61. The van der Waals surface area contributed by atoms with E-state index < -0.39 is 0 Å². The third kappa shape index (κ3) is 1.62. The number of rotatable bonds is 1. The normalized spacial score (nSPS) is 37.4. The van der Waals surface area contributed by atoms with Crippen LogP contribution in [0.3, 0.4) is 0 Å². The van der Waals surface area contributed by atoms with Crippen molar-refractivity contribution >= 4 is 0 Å². The monoisotopic (exact) mass is 182 g/mol. The van der Waals surface area contributed by atoms with Gasteiger partial charge in [-0.3, -0.25) is 4.90 Å². The lowest BCUT2D eigenvalue weighted by molar-refractivity contribution is 0.0602. The van der Waals surface area contributed by atoms with Crippen molar-refractivity contribution in [2.45, 2.75) is 38.1 Å². The second-order valence-corrected chi connectivity index (χ2v) is 4.75. The third-order valence-electron chi connectivity index (χ3n) is 3.90. The Bertz CT molecular complexity index is 177. The van der Waals surface area contributed by atoms with Crippen LogP contribution >= 0.6 is 0 Å². The second kappa shape index (κ2) is 3.58. The number of likely N-dealkylation sites (tertiary alicyclic amines) is 2. The van der Waals surface area contributed by atoms with E-state index in [-0.39, 0.29) is 0 Å². The van der Waals surface area contributed by atoms with Crippen LogP contribution < -0.4 is 0 Å². The maximum absolute atomic E-state index is 2.72. The van der Waals surface area contributed by atoms with E-state index in [1.165, 1.54) is 51.9 Å². The minimum absolute atomic E-state index is 0.571. The molecule has 1 spiro atoms. The molecule has 0 saturated carbocycles. The first-order valence-corrected chi connectivity index (χ1v) is 5.70. The van der Waals surface area contributed by atoms with Crippen molar-refractivity contribution in [1.29, 1.82) is 0 Å². The first-order chi connectivity index (χ1) is 6.27. The summed E-state index contributed by atoms with van der Waals surface area (Å²) < 4.78 is 0. The zero-order valence-electron chi connectivity index (χ0n) is 9.05. The molecule has 0 aromatic rings. The fraction of sp³-hybridized carbons (Fsp3) is 1.00. The molecule has 1 atom stereocenters. The zero-order valence-corrected chi connectivity index (χ0v) is 9.05. The highest BCUT2D eigenvalue weighted by Gasteiger charge is 2.42. The molecule has 1 unspecified atom stereocenters. The minimum atomic E-state index is 0.571. The van der Waals surface area contributed by atoms with Gasteiger partial charge in [0, 0.05) is 12.1 Å². The summed E-state index contributed by atoms with van der Waals surface area (Å²) in [5, 5.41) is 0. The topological polar surface area (TPSA) is 6.48 Å². The van der Waals surface area contributed by atoms with Gasteiger partial charge in [-0.1, -0.05) is 13.3 Å². The van der Waals surface area contributed by atoms with Gasteiger partial charge in [0.05, 0.1) is 0 Å². The van der Waals surface area contributed by atoms with Gasteiger partial charge in [0.15, 0.2) is 0 Å². The third-order valence-corrected chi connectivity index (χ3v) is 3.90. The van der Waals surface area contributed by atoms with Crippen LogP contribution in [-0.2, 0) is 0 Å². The van der Waals surface area contributed by atoms with Crippen LogP contribution in [0.1, 0.15) is 32.6 Å². The van der Waals surface area contributed by atoms with Crippen LogP contribution in [0, 0.1) is 0 Å². The van der Waals surface area contributed by atoms with Crippen molar-refractivity contribution in [3.05, 3.63) is 0 Å². The van der Waals surface area contributed by atoms with E-state index >= 15 is 0 Å². The van der Waals surface area contributed by atoms with Crippen LogP contribution in [0.25, 0.3) is 0 Å². The summed E-state index contributed by atoms with van der Waals surface area (Å²) in [6.07, 6.45) is 5.70. The van der Waals surface area contributed by atoms with Gasteiger partial charge >= 0.3 is 0 Å². The van der Waals surface area contributed by atoms with Crippen LogP contribution in [-0.4, -0.2) is 48.6 Å². The van der Waals surface area contributed by atoms with Crippen molar-refractivity contribution in [3.63, 3.8) is 0 Å². The Balaban J connectivity index is 2.08. The molecule has 0 aliphatic carbocycles. The lowest BCUT2D eigenvalue weighted by atomic mass is 9.86. The highest BCUT2D eigenvalue weighted by Crippen LogP contribution is 2.35. The molecule has 2 rings (SSSR count). The van der Waals surface area contributed by atoms with Gasteiger partial charge in [0.1, 0.15) is 0 Å². The number of likely N-dealkylation sites (N-methyl/N-ethyl adjacent to an activating group) is 2. The average molecular weight is 182 g/mol. The molecule has 0 aromatic carbocycles. The molecule has 13 heavy (non-hydrogen) atoms. The molecule has 2 nitrogen and oxygen atoms in total. The Morgan fingerprint density at radius 3 is 2.62 bits per heavy atom. The summed E-state index contributed by atoms with van der Waals surface area (Å²) in [4.78, 5) is 5.22. The maximum Gasteiger partial charge on any atom is 0.0348 e. The largest absolute Gasteiger partial charge is 0.304 e. The van der Waals surface area contributed by atoms with Gasteiger partial charge in [0.25, 0.3) is 0 Å². The van der Waals surface area contributed by atoms with E-state index in [1.54, 1.807) is 0 Å². The highest BCUT2D eigenvalue weighted by molar-refractivity contribution is 4.99. The second-order valence-electron chi connectivity index (χ2n) is 4.75. The number of nitrogens with zero attached hydrogens (tertiary/aromatic N) is 2. The van der Waals surface area contributed by atoms with E-state index in [9.17, 15) is 0 Å². The first kappa shape index (κ1) is 9.47. The summed E-state index contributed by atoms with van der Waals surface area (Å²) in [5.74, 6) is 0. The fourth-order valence-electron chi connectivity index (χ4n) is 3.17. The first-order valence-electron chi connectivity index (χ1n) is 5.70. The molecule has 2 heterocycles. The molecule has 0 amide bonds. The SMILES string of the molecule is CCN1CCCCC12CCN(C)C2. The van der Waals surface area contributed by atoms with Gasteiger partial charge in [0.2, 0.25) is 0 Å². The van der Waals surface area contributed by atoms with Crippen molar-refractivity contribution < 1.29 is 0 Å². The van der Waals surface area contributed by atoms with Crippen LogP contribution in [0.15, 0.2) is 0 Å². The summed E-state index contributed by atoms with van der Waals surface area (Å²) in [5.41, 5.74) is 0.571. The maximum atomic E-state index is 2.72. The highest BCUT2D eigenvalue weighted by atomic mass is 15.3. The lowest BCUT2D eigenvalue weighted by Crippen LogP contribution is -2.53. The van der Waals surface area contributed by atoms with E-state index in [0.29, 0.717) is 5.54 Å². The molecular weight excluding hydrogens is 160 g/mol. The van der Waals surface area contributed by atoms with Crippen molar-refractivity contribution in [3.8, 4) is 0 Å². The van der Waals surface area contributed by atoms with E-state index in [4.69, 9.17) is 0 Å². The van der Waals surface area contributed by atoms with Gasteiger partial charge in [-0.2, -0.15) is 0 Å². The Morgan fingerprint density at radius 2 is 2.00 bits per heavy atom. The zero-order chi connectivity index (χ0) is 9.31. The van der Waals surface area contributed by atoms with E-state index in [2.05, 4.69) is 23.8 Å². The van der Waals surface area contributed by atoms with Crippen LogP contribution in [0.4, 0.5) is 0 Å². The van der Waals surface area contributed by atoms with Crippen molar-refractivity contribution in [1.82, 2.24) is 9.80 Å². The molecule has 2 heteroatoms. The molecular formula is C11H22N2. The molecule has 0 radical (unpaired) electrons. The molecule has 0 aromatic heterocycles. The summed E-state index contributed by atoms with van der Waals surface area (Å²) in [7, 11) is 2.26. The van der Waals surface area contributed by atoms with Gasteiger partial charge in [-0.05, 0) is 45.9 Å². The molecule has 2 aliphatic heterocycles. The Labute approximate surface area is 81.9 Å². The average Bonchev–Trinajstić information content (AvgIpc) is 2.49. The number of hydrogen-bond donors (Lipinski definition) is 0. The summed E-state index contributed by atoms with van der Waals surface area (Å²) in [6.45, 7) is 7.50. The molecule has 2 fully saturated rings. The van der Waals surface area contributed by atoms with Crippen LogP contribution in [0.2, 0.25) is 0 Å². The van der Waals surface area contributed by atoms with Gasteiger partial charge in [-0.15, -0.1) is 0 Å². The number of hydrogen-bond acceptors (Lipinski definition) is 2. The van der Waals surface area contributed by atoms with E-state index in [0.717, 1.165) is 0 Å². The predicted molar refractivity (Wildman–Crippen MR) is 55.9 cm³/mol. The lowest BCUT2D eigenvalue weighted by Gasteiger charge is -2.44. The summed E-state index contributed by atoms with van der Waals surface area (Å²) >= 11 is 0. The van der Waals surface area contributed by atoms with Crippen molar-refractivity contribution in [2.75, 3.05) is 33.2 Å². The molecule has 2 aliphatic rings. The van der Waals surface area contributed by atoms with Crippen LogP contribution in [0.5, 0.6) is 0 Å². The van der Waals surface area contributed by atoms with Crippen molar-refractivity contribution in [2.24, 2.45) is 0 Å². The predicted octanol–water partition coefficient (Wildman–Crippen LogP) is 1.57. The molecule has 2 saturated heterocycles. The Hall–Kier alpha value is -0.0800. The molecule has 0 N–H and O–H groups in total. The fourth-order valence-corrected chi connectivity index (χ4v) is 3.17. The minimum Gasteiger partial charge on any atom is -0.304 e. The Morgan fingerprint density at radius 1 is 1.15 bits per heavy atom. The molecule has 0 bridgehead atoms. The van der Waals surface area contributed by atoms with Gasteiger partial charge in [-0.25, -0.2) is 0 Å². The summed E-state index contributed by atoms with van der Waals surface area (Å²) in [6, 6.07) is 0. The van der Waals surface area contributed by atoms with Gasteiger partial charge < -0.3 is 4.90 Å². The quantitative estimate of drug-likeness (QED) is 0.607. The smallest absolute Gasteiger partial charge is 0.0348 e. The molecule has 76 valence electrons. The van der Waals surface area contributed by atoms with E-state index in [1.807, 2.05) is 0 Å². The standard InChI is InChI=1S/C11H22N2/c1-3-13-8-5-4-6-11(13)7-9-12(2)10-11/h3-10H2,1-2H3.